The van der Waals surface area contributed by atoms with Crippen LogP contribution in [0.2, 0.25) is 0 Å². The van der Waals surface area contributed by atoms with Crippen molar-refractivity contribution in [3.63, 3.8) is 0 Å². The zero-order valence-corrected chi connectivity index (χ0v) is 16.0. The molecule has 2 aromatic heterocycles. The summed E-state index contributed by atoms with van der Waals surface area (Å²) >= 11 is 1.72. The Balaban J connectivity index is 1.69. The molecule has 3 heterocycles. The summed E-state index contributed by atoms with van der Waals surface area (Å²) < 4.78 is 4.15. The maximum atomic E-state index is 12.3. The fourth-order valence-electron chi connectivity index (χ4n) is 3.35. The number of aromatic nitrogens is 5. The van der Waals surface area contributed by atoms with Crippen LogP contribution in [0, 0.1) is 6.92 Å². The molecule has 1 aliphatic heterocycles. The van der Waals surface area contributed by atoms with Gasteiger partial charge in [0.05, 0.1) is 6.54 Å². The average Bonchev–Trinajstić information content (AvgIpc) is 3.19. The molecule has 0 bridgehead atoms. The number of hydrogen-bond acceptors (Lipinski definition) is 5. The quantitative estimate of drug-likeness (QED) is 0.784. The summed E-state index contributed by atoms with van der Waals surface area (Å²) in [6, 6.07) is 0. The molecule has 7 nitrogen and oxygen atoms in total. The molecule has 0 radical (unpaired) electrons. The van der Waals surface area contributed by atoms with Gasteiger partial charge in [0.2, 0.25) is 5.91 Å². The monoisotopic (exact) mass is 362 g/mol. The Morgan fingerprint density at radius 1 is 1.40 bits per heavy atom. The number of nitrogens with zero attached hydrogens (tertiary/aromatic N) is 6. The van der Waals surface area contributed by atoms with E-state index in [1.807, 2.05) is 31.3 Å². The van der Waals surface area contributed by atoms with E-state index in [2.05, 4.69) is 24.3 Å². The first-order chi connectivity index (χ1) is 12.1. The second kappa shape index (κ2) is 8.03. The fourth-order valence-corrected chi connectivity index (χ4v) is 3.73. The predicted molar refractivity (Wildman–Crippen MR) is 98.6 cm³/mol. The summed E-state index contributed by atoms with van der Waals surface area (Å²) in [6.07, 6.45) is 8.50. The van der Waals surface area contributed by atoms with Crippen LogP contribution < -0.4 is 0 Å². The van der Waals surface area contributed by atoms with E-state index in [9.17, 15) is 4.79 Å². The molecule has 8 heteroatoms. The van der Waals surface area contributed by atoms with Gasteiger partial charge in [-0.2, -0.15) is 11.8 Å². The van der Waals surface area contributed by atoms with E-state index < -0.39 is 0 Å². The van der Waals surface area contributed by atoms with Crippen LogP contribution in [0.25, 0.3) is 0 Å². The summed E-state index contributed by atoms with van der Waals surface area (Å²) in [7, 11) is 2.02. The van der Waals surface area contributed by atoms with Crippen LogP contribution in [-0.2, 0) is 18.4 Å². The highest BCUT2D eigenvalue weighted by atomic mass is 32.2. The molecule has 0 spiro atoms. The third-order valence-electron chi connectivity index (χ3n) is 4.89. The van der Waals surface area contributed by atoms with Crippen molar-refractivity contribution < 1.29 is 4.79 Å². The zero-order valence-electron chi connectivity index (χ0n) is 15.2. The van der Waals surface area contributed by atoms with Gasteiger partial charge in [0.15, 0.2) is 5.82 Å². The number of rotatable bonds is 6. The second-order valence-corrected chi connectivity index (χ2v) is 7.54. The van der Waals surface area contributed by atoms with Gasteiger partial charge in [-0.05, 0) is 26.0 Å². The van der Waals surface area contributed by atoms with Gasteiger partial charge in [-0.3, -0.25) is 4.79 Å². The predicted octanol–water partition coefficient (Wildman–Crippen LogP) is 1.83. The number of hydrogen-bond donors (Lipinski definition) is 0. The first-order valence-corrected chi connectivity index (χ1v) is 10.1. The lowest BCUT2D eigenvalue weighted by atomic mass is 9.97. The average molecular weight is 363 g/mol. The van der Waals surface area contributed by atoms with Gasteiger partial charge in [0.25, 0.3) is 0 Å². The second-order valence-electron chi connectivity index (χ2n) is 6.56. The van der Waals surface area contributed by atoms with E-state index in [1.165, 1.54) is 0 Å². The van der Waals surface area contributed by atoms with Crippen LogP contribution in [-0.4, -0.2) is 60.2 Å². The minimum atomic E-state index is 0.260. The normalized spacial score (nSPS) is 17.9. The lowest BCUT2D eigenvalue weighted by Gasteiger charge is -2.32. The minimum absolute atomic E-state index is 0.260. The Bertz CT molecular complexity index is 725. The molecule has 3 rings (SSSR count). The Morgan fingerprint density at radius 3 is 2.96 bits per heavy atom. The summed E-state index contributed by atoms with van der Waals surface area (Å²) in [5.41, 5.74) is 0. The van der Waals surface area contributed by atoms with Crippen molar-refractivity contribution in [2.24, 2.45) is 7.05 Å². The maximum Gasteiger partial charge on any atom is 0.223 e. The molecular formula is C17H26N6OS. The summed E-state index contributed by atoms with van der Waals surface area (Å²) in [6.45, 7) is 4.26. The van der Waals surface area contributed by atoms with Gasteiger partial charge in [-0.1, -0.05) is 0 Å². The van der Waals surface area contributed by atoms with Crippen molar-refractivity contribution in [2.45, 2.75) is 38.6 Å². The van der Waals surface area contributed by atoms with Crippen LogP contribution >= 0.6 is 11.8 Å². The third-order valence-corrected chi connectivity index (χ3v) is 5.51. The third kappa shape index (κ3) is 4.05. The van der Waals surface area contributed by atoms with Crippen LogP contribution in [0.15, 0.2) is 12.4 Å². The highest BCUT2D eigenvalue weighted by Gasteiger charge is 2.28. The number of likely N-dealkylation sites (tertiary alicyclic amines) is 1. The van der Waals surface area contributed by atoms with Crippen molar-refractivity contribution in [2.75, 3.05) is 25.1 Å². The van der Waals surface area contributed by atoms with Gasteiger partial charge in [-0.15, -0.1) is 10.2 Å². The van der Waals surface area contributed by atoms with Crippen molar-refractivity contribution in [3.8, 4) is 0 Å². The number of aryl methyl sites for hydroxylation is 1. The van der Waals surface area contributed by atoms with Gasteiger partial charge >= 0.3 is 0 Å². The van der Waals surface area contributed by atoms with Crippen LogP contribution in [0.5, 0.6) is 0 Å². The van der Waals surface area contributed by atoms with Crippen LogP contribution in [0.1, 0.15) is 42.7 Å². The molecule has 1 saturated heterocycles. The lowest BCUT2D eigenvalue weighted by Crippen LogP contribution is -2.39. The molecule has 136 valence electrons. The molecule has 1 fully saturated rings. The lowest BCUT2D eigenvalue weighted by molar-refractivity contribution is -0.132. The van der Waals surface area contributed by atoms with Gasteiger partial charge in [0, 0.05) is 50.6 Å². The minimum Gasteiger partial charge on any atom is -0.342 e. The highest BCUT2D eigenvalue weighted by Crippen LogP contribution is 2.26. The number of imidazole rings is 1. The van der Waals surface area contributed by atoms with Crippen molar-refractivity contribution in [3.05, 3.63) is 29.9 Å². The summed E-state index contributed by atoms with van der Waals surface area (Å²) in [4.78, 5) is 18.6. The number of piperidine rings is 1. The molecule has 25 heavy (non-hydrogen) atoms. The van der Waals surface area contributed by atoms with E-state index in [4.69, 9.17) is 0 Å². The first-order valence-electron chi connectivity index (χ1n) is 8.72. The van der Waals surface area contributed by atoms with Gasteiger partial charge in [0.1, 0.15) is 11.6 Å². The van der Waals surface area contributed by atoms with Crippen molar-refractivity contribution >= 4 is 17.7 Å². The van der Waals surface area contributed by atoms with E-state index in [-0.39, 0.29) is 11.8 Å². The molecule has 0 aromatic carbocycles. The van der Waals surface area contributed by atoms with E-state index >= 15 is 0 Å². The van der Waals surface area contributed by atoms with E-state index in [1.54, 1.807) is 18.0 Å². The molecule has 1 aliphatic rings. The van der Waals surface area contributed by atoms with Crippen LogP contribution in [0.3, 0.4) is 0 Å². The summed E-state index contributed by atoms with van der Waals surface area (Å²) in [5, 5.41) is 8.83. The standard InChI is InChI=1S/C17H26N6OS/c1-13-18-7-9-22(13)12-15-19-20-17(21(15)2)14-5-4-8-23(11-14)16(24)6-10-25-3/h7,9,14H,4-6,8,10-12H2,1-3H3/t14-/m1/s1. The SMILES string of the molecule is CSCCC(=O)N1CCC[C@@H](c2nnc(Cn3ccnc3C)n2C)C1. The maximum absolute atomic E-state index is 12.3. The number of carbonyl (C=O) groups is 1. The number of amides is 1. The zero-order chi connectivity index (χ0) is 17.8. The van der Waals surface area contributed by atoms with E-state index in [0.717, 1.165) is 49.2 Å². The molecule has 0 saturated carbocycles. The molecule has 0 aliphatic carbocycles. The van der Waals surface area contributed by atoms with Gasteiger partial charge < -0.3 is 14.0 Å². The van der Waals surface area contributed by atoms with E-state index in [0.29, 0.717) is 13.0 Å². The molecule has 1 atom stereocenters. The van der Waals surface area contributed by atoms with Gasteiger partial charge in [-0.25, -0.2) is 4.98 Å². The molecular weight excluding hydrogens is 336 g/mol. The number of carbonyl (C=O) groups excluding carboxylic acids is 1. The molecule has 2 aromatic rings. The smallest absolute Gasteiger partial charge is 0.223 e. The fraction of sp³-hybridized carbons (Fsp3) is 0.647. The largest absolute Gasteiger partial charge is 0.342 e. The Kier molecular flexibility index (Phi) is 5.78. The van der Waals surface area contributed by atoms with Crippen molar-refractivity contribution in [1.29, 1.82) is 0 Å². The molecule has 0 N–H and O–H groups in total. The topological polar surface area (TPSA) is 68.8 Å². The number of thioether (sulfide) groups is 1. The molecule has 1 amide bonds. The summed E-state index contributed by atoms with van der Waals surface area (Å²) in [5.74, 6) is 4.28. The highest BCUT2D eigenvalue weighted by molar-refractivity contribution is 7.98. The Hall–Kier alpha value is -1.83. The van der Waals surface area contributed by atoms with Crippen molar-refractivity contribution in [1.82, 2.24) is 29.2 Å². The molecule has 0 unspecified atom stereocenters. The Labute approximate surface area is 152 Å². The first kappa shape index (κ1) is 18.0. The van der Waals surface area contributed by atoms with Crippen LogP contribution in [0.4, 0.5) is 0 Å². The Morgan fingerprint density at radius 2 is 2.24 bits per heavy atom.